The van der Waals surface area contributed by atoms with Gasteiger partial charge in [-0.15, -0.1) is 0 Å². The number of hydrogen-bond acceptors (Lipinski definition) is 2. The average molecular weight is 361 g/mol. The van der Waals surface area contributed by atoms with Gasteiger partial charge < -0.3 is 4.90 Å². The van der Waals surface area contributed by atoms with Crippen molar-refractivity contribution >= 4 is 16.9 Å². The maximum atomic E-state index is 12.8. The Labute approximate surface area is 160 Å². The molecule has 2 heterocycles. The van der Waals surface area contributed by atoms with Gasteiger partial charge in [0.15, 0.2) is 0 Å². The molecular weight excluding hydrogens is 334 g/mol. The van der Waals surface area contributed by atoms with E-state index >= 15 is 0 Å². The summed E-state index contributed by atoms with van der Waals surface area (Å²) in [6.45, 7) is 6.26. The molecule has 0 aliphatic carbocycles. The summed E-state index contributed by atoms with van der Waals surface area (Å²) in [6.07, 6.45) is 2.38. The van der Waals surface area contributed by atoms with E-state index in [0.717, 1.165) is 35.6 Å². The van der Waals surface area contributed by atoms with Crippen molar-refractivity contribution < 1.29 is 4.79 Å². The number of para-hydroxylation sites is 3. The van der Waals surface area contributed by atoms with Crippen molar-refractivity contribution in [1.82, 2.24) is 14.5 Å². The normalized spacial score (nSPS) is 20.1. The Kier molecular flexibility index (Phi) is 4.97. The van der Waals surface area contributed by atoms with Gasteiger partial charge in [0.1, 0.15) is 5.82 Å². The minimum atomic E-state index is 0.250. The molecule has 1 fully saturated rings. The molecule has 1 aromatic heterocycles. The van der Waals surface area contributed by atoms with Gasteiger partial charge in [-0.25, -0.2) is 4.98 Å². The second-order valence-electron chi connectivity index (χ2n) is 7.93. The molecule has 140 valence electrons. The highest BCUT2D eigenvalue weighted by Crippen LogP contribution is 2.24. The van der Waals surface area contributed by atoms with E-state index in [1.165, 1.54) is 6.42 Å². The van der Waals surface area contributed by atoms with Crippen molar-refractivity contribution in [1.29, 1.82) is 0 Å². The Balaban J connectivity index is 1.58. The molecule has 1 amide bonds. The average Bonchev–Trinajstić information content (AvgIpc) is 3.04. The first-order valence-corrected chi connectivity index (χ1v) is 9.91. The first-order valence-electron chi connectivity index (χ1n) is 9.91. The first-order chi connectivity index (χ1) is 13.1. The van der Waals surface area contributed by atoms with Crippen molar-refractivity contribution in [2.45, 2.75) is 33.1 Å². The molecule has 4 rings (SSSR count). The van der Waals surface area contributed by atoms with Crippen LogP contribution in [0.5, 0.6) is 0 Å². The quantitative estimate of drug-likeness (QED) is 0.688. The highest BCUT2D eigenvalue weighted by atomic mass is 16.2. The summed E-state index contributed by atoms with van der Waals surface area (Å²) in [4.78, 5) is 19.7. The van der Waals surface area contributed by atoms with Crippen LogP contribution in [0.1, 0.15) is 32.5 Å². The molecule has 0 N–H and O–H groups in total. The minimum Gasteiger partial charge on any atom is -0.342 e. The highest BCUT2D eigenvalue weighted by molar-refractivity contribution is 5.79. The van der Waals surface area contributed by atoms with Crippen LogP contribution in [-0.4, -0.2) is 33.4 Å². The molecule has 4 heteroatoms. The molecule has 2 aromatic carbocycles. The van der Waals surface area contributed by atoms with Crippen LogP contribution in [0.3, 0.4) is 0 Å². The Morgan fingerprint density at radius 1 is 1.00 bits per heavy atom. The second-order valence-corrected chi connectivity index (χ2v) is 7.93. The van der Waals surface area contributed by atoms with E-state index in [1.54, 1.807) is 0 Å². The van der Waals surface area contributed by atoms with E-state index in [0.29, 0.717) is 24.7 Å². The van der Waals surface area contributed by atoms with Crippen LogP contribution in [0.2, 0.25) is 0 Å². The summed E-state index contributed by atoms with van der Waals surface area (Å²) in [5.41, 5.74) is 3.16. The Bertz CT molecular complexity index is 921. The van der Waals surface area contributed by atoms with Crippen LogP contribution < -0.4 is 0 Å². The number of carbonyl (C=O) groups excluding carboxylic acids is 1. The molecule has 0 radical (unpaired) electrons. The fourth-order valence-electron chi connectivity index (χ4n) is 4.35. The lowest BCUT2D eigenvalue weighted by molar-refractivity contribution is -0.133. The largest absolute Gasteiger partial charge is 0.342 e. The molecular formula is C23H27N3O. The maximum absolute atomic E-state index is 12.8. The SMILES string of the molecule is CC1CC(C)CN(C(=O)CCc2nc3ccccc3n2-c2ccccc2)C1. The molecule has 1 aliphatic rings. The lowest BCUT2D eigenvalue weighted by Gasteiger charge is -2.35. The monoisotopic (exact) mass is 361 g/mol. The maximum Gasteiger partial charge on any atom is 0.223 e. The van der Waals surface area contributed by atoms with Gasteiger partial charge >= 0.3 is 0 Å². The number of benzene rings is 2. The van der Waals surface area contributed by atoms with E-state index < -0.39 is 0 Å². The number of amides is 1. The molecule has 0 saturated carbocycles. The van der Waals surface area contributed by atoms with Crippen LogP contribution in [0.15, 0.2) is 54.6 Å². The number of nitrogens with zero attached hydrogens (tertiary/aromatic N) is 3. The Morgan fingerprint density at radius 2 is 1.67 bits per heavy atom. The first kappa shape index (κ1) is 17.8. The van der Waals surface area contributed by atoms with Gasteiger partial charge in [0.2, 0.25) is 5.91 Å². The van der Waals surface area contributed by atoms with Gasteiger partial charge in [-0.05, 0) is 42.5 Å². The van der Waals surface area contributed by atoms with Crippen LogP contribution in [0, 0.1) is 11.8 Å². The predicted molar refractivity (Wildman–Crippen MR) is 109 cm³/mol. The number of aromatic nitrogens is 2. The van der Waals surface area contributed by atoms with E-state index in [1.807, 2.05) is 41.3 Å². The van der Waals surface area contributed by atoms with Crippen LogP contribution >= 0.6 is 0 Å². The number of likely N-dealkylation sites (tertiary alicyclic amines) is 1. The molecule has 3 aromatic rings. The number of aryl methyl sites for hydroxylation is 1. The molecule has 2 unspecified atom stereocenters. The van der Waals surface area contributed by atoms with Gasteiger partial charge in [0, 0.05) is 31.6 Å². The van der Waals surface area contributed by atoms with Crippen molar-refractivity contribution in [3.8, 4) is 5.69 Å². The second kappa shape index (κ2) is 7.55. The fraction of sp³-hybridized carbons (Fsp3) is 0.391. The summed E-state index contributed by atoms with van der Waals surface area (Å²) < 4.78 is 2.18. The lowest BCUT2D eigenvalue weighted by Crippen LogP contribution is -2.42. The van der Waals surface area contributed by atoms with Crippen molar-refractivity contribution in [3.63, 3.8) is 0 Å². The van der Waals surface area contributed by atoms with Crippen LogP contribution in [-0.2, 0) is 11.2 Å². The van der Waals surface area contributed by atoms with E-state index in [9.17, 15) is 4.79 Å². The molecule has 27 heavy (non-hydrogen) atoms. The number of imidazole rings is 1. The summed E-state index contributed by atoms with van der Waals surface area (Å²) in [5, 5.41) is 0. The minimum absolute atomic E-state index is 0.250. The lowest BCUT2D eigenvalue weighted by atomic mass is 9.91. The van der Waals surface area contributed by atoms with E-state index in [4.69, 9.17) is 4.98 Å². The smallest absolute Gasteiger partial charge is 0.223 e. The fourth-order valence-corrected chi connectivity index (χ4v) is 4.35. The molecule has 0 bridgehead atoms. The summed E-state index contributed by atoms with van der Waals surface area (Å²) in [7, 11) is 0. The van der Waals surface area contributed by atoms with Crippen LogP contribution in [0.25, 0.3) is 16.7 Å². The van der Waals surface area contributed by atoms with Crippen molar-refractivity contribution in [2.24, 2.45) is 11.8 Å². The Hall–Kier alpha value is -2.62. The number of fused-ring (bicyclic) bond motifs is 1. The predicted octanol–water partition coefficient (Wildman–Crippen LogP) is 4.46. The van der Waals surface area contributed by atoms with E-state index in [-0.39, 0.29) is 5.91 Å². The van der Waals surface area contributed by atoms with Crippen LogP contribution in [0.4, 0.5) is 0 Å². The van der Waals surface area contributed by atoms with Crippen molar-refractivity contribution in [2.75, 3.05) is 13.1 Å². The van der Waals surface area contributed by atoms with Gasteiger partial charge in [0.05, 0.1) is 11.0 Å². The third-order valence-electron chi connectivity index (χ3n) is 5.43. The van der Waals surface area contributed by atoms with Gasteiger partial charge in [-0.1, -0.05) is 44.2 Å². The number of rotatable bonds is 4. The van der Waals surface area contributed by atoms with Gasteiger partial charge in [0.25, 0.3) is 0 Å². The highest BCUT2D eigenvalue weighted by Gasteiger charge is 2.25. The topological polar surface area (TPSA) is 38.1 Å². The van der Waals surface area contributed by atoms with Gasteiger partial charge in [-0.3, -0.25) is 9.36 Å². The molecule has 0 spiro atoms. The van der Waals surface area contributed by atoms with Gasteiger partial charge in [-0.2, -0.15) is 0 Å². The number of carbonyl (C=O) groups is 1. The summed E-state index contributed by atoms with van der Waals surface area (Å²) in [5.74, 6) is 2.38. The molecule has 1 saturated heterocycles. The zero-order valence-electron chi connectivity index (χ0n) is 16.1. The summed E-state index contributed by atoms with van der Waals surface area (Å²) in [6, 6.07) is 18.4. The molecule has 1 aliphatic heterocycles. The molecule has 4 nitrogen and oxygen atoms in total. The van der Waals surface area contributed by atoms with Crippen molar-refractivity contribution in [3.05, 3.63) is 60.4 Å². The third-order valence-corrected chi connectivity index (χ3v) is 5.43. The zero-order valence-corrected chi connectivity index (χ0v) is 16.1. The zero-order chi connectivity index (χ0) is 18.8. The van der Waals surface area contributed by atoms with E-state index in [2.05, 4.69) is 36.6 Å². The molecule has 2 atom stereocenters. The third kappa shape index (κ3) is 3.75. The Morgan fingerprint density at radius 3 is 2.41 bits per heavy atom. The number of hydrogen-bond donors (Lipinski definition) is 0. The standard InChI is InChI=1S/C23H27N3O/c1-17-14-18(2)16-25(15-17)23(27)13-12-22-24-20-10-6-7-11-21(20)26(22)19-8-4-3-5-9-19/h3-11,17-18H,12-16H2,1-2H3. The summed E-state index contributed by atoms with van der Waals surface area (Å²) >= 11 is 0. The number of piperidine rings is 1.